The van der Waals surface area contributed by atoms with E-state index in [1.54, 1.807) is 36.0 Å². The number of nitrogens with zero attached hydrogens (tertiary/aromatic N) is 3. The highest BCUT2D eigenvalue weighted by Crippen LogP contribution is 2.28. The lowest BCUT2D eigenvalue weighted by Gasteiger charge is -2.03. The number of nitrogens with one attached hydrogen (secondary N) is 1. The summed E-state index contributed by atoms with van der Waals surface area (Å²) < 4.78 is 8.07. The van der Waals surface area contributed by atoms with Gasteiger partial charge in [-0.1, -0.05) is 34.1 Å². The lowest BCUT2D eigenvalue weighted by Crippen LogP contribution is -2.12. The summed E-state index contributed by atoms with van der Waals surface area (Å²) in [5.74, 6) is -0.301. The van der Waals surface area contributed by atoms with E-state index in [-0.39, 0.29) is 5.91 Å². The Morgan fingerprint density at radius 2 is 1.90 bits per heavy atom. The maximum absolute atomic E-state index is 12.8. The van der Waals surface area contributed by atoms with Crippen LogP contribution in [0.1, 0.15) is 12.5 Å². The molecule has 152 valence electrons. The monoisotopic (exact) mass is 474 g/mol. The van der Waals surface area contributed by atoms with Crippen LogP contribution < -0.4 is 11.1 Å². The number of hydrazone groups is 1. The van der Waals surface area contributed by atoms with Crippen LogP contribution in [0.3, 0.4) is 0 Å². The molecule has 2 aromatic carbocycles. The molecule has 5 rings (SSSR count). The fourth-order valence-electron chi connectivity index (χ4n) is 3.42. The Bertz CT molecular complexity index is 1470. The van der Waals surface area contributed by atoms with Crippen LogP contribution >= 0.6 is 15.9 Å². The molecular weight excluding hydrogens is 460 g/mol. The Labute approximate surface area is 184 Å². The zero-order valence-corrected chi connectivity index (χ0v) is 17.9. The van der Waals surface area contributed by atoms with Gasteiger partial charge in [0.25, 0.3) is 5.91 Å². The van der Waals surface area contributed by atoms with Crippen molar-refractivity contribution in [1.29, 1.82) is 0 Å². The number of para-hydroxylation sites is 1. The molecule has 0 saturated carbocycles. The number of amides is 1. The number of carbonyl (C=O) groups excluding carboxylic acids is 1. The zero-order valence-electron chi connectivity index (χ0n) is 16.3. The van der Waals surface area contributed by atoms with Crippen LogP contribution in [-0.2, 0) is 4.79 Å². The molecule has 3 heterocycles. The second kappa shape index (κ2) is 7.48. The summed E-state index contributed by atoms with van der Waals surface area (Å²) in [7, 11) is 0. The normalized spacial score (nSPS) is 14.8. The van der Waals surface area contributed by atoms with Crippen molar-refractivity contribution in [1.82, 2.24) is 15.2 Å². The van der Waals surface area contributed by atoms with Crippen molar-refractivity contribution >= 4 is 44.6 Å². The molecule has 0 aliphatic carbocycles. The quantitative estimate of drug-likeness (QED) is 0.354. The number of aromatic nitrogens is 2. The molecule has 0 saturated heterocycles. The molecule has 0 spiro atoms. The van der Waals surface area contributed by atoms with Crippen LogP contribution in [0.15, 0.2) is 85.2 Å². The Balaban J connectivity index is 1.75. The van der Waals surface area contributed by atoms with Crippen LogP contribution in [0.5, 0.6) is 0 Å². The highest BCUT2D eigenvalue weighted by Gasteiger charge is 2.22. The van der Waals surface area contributed by atoms with Crippen molar-refractivity contribution in [2.24, 2.45) is 5.10 Å². The van der Waals surface area contributed by atoms with Crippen LogP contribution in [-0.4, -0.2) is 21.4 Å². The number of rotatable bonds is 3. The Morgan fingerprint density at radius 1 is 1.10 bits per heavy atom. The SMILES string of the molecule is CC1=NNC(=O)/C1=C\c1cn(-c2ccccc2)nc1-c1cc2cc(Br)ccc2oc1=O. The summed E-state index contributed by atoms with van der Waals surface area (Å²) in [5, 5.41) is 9.39. The molecule has 0 radical (unpaired) electrons. The Hall–Kier alpha value is -3.78. The van der Waals surface area contributed by atoms with Gasteiger partial charge in [0.2, 0.25) is 0 Å². The maximum Gasteiger partial charge on any atom is 0.345 e. The lowest BCUT2D eigenvalue weighted by atomic mass is 10.0. The predicted octanol–water partition coefficient (Wildman–Crippen LogP) is 4.30. The van der Waals surface area contributed by atoms with E-state index in [1.807, 2.05) is 42.5 Å². The van der Waals surface area contributed by atoms with Crippen molar-refractivity contribution in [3.63, 3.8) is 0 Å². The number of hydrogen-bond donors (Lipinski definition) is 1. The van der Waals surface area contributed by atoms with Crippen LogP contribution in [0, 0.1) is 0 Å². The third kappa shape index (κ3) is 3.51. The predicted molar refractivity (Wildman–Crippen MR) is 122 cm³/mol. The number of carbonyl (C=O) groups is 1. The first-order valence-electron chi connectivity index (χ1n) is 9.45. The molecule has 7 nitrogen and oxygen atoms in total. The van der Waals surface area contributed by atoms with Gasteiger partial charge < -0.3 is 4.42 Å². The molecule has 2 aromatic heterocycles. The minimum atomic E-state index is -0.506. The fourth-order valence-corrected chi connectivity index (χ4v) is 3.80. The zero-order chi connectivity index (χ0) is 21.5. The molecule has 1 aliphatic rings. The fraction of sp³-hybridized carbons (Fsp3) is 0.0435. The third-order valence-electron chi connectivity index (χ3n) is 4.97. The largest absolute Gasteiger partial charge is 0.422 e. The summed E-state index contributed by atoms with van der Waals surface area (Å²) in [6.45, 7) is 1.74. The molecule has 1 N–H and O–H groups in total. The smallest absolute Gasteiger partial charge is 0.345 e. The molecule has 1 aliphatic heterocycles. The van der Waals surface area contributed by atoms with Crippen molar-refractivity contribution in [2.45, 2.75) is 6.92 Å². The van der Waals surface area contributed by atoms with Gasteiger partial charge in [0.1, 0.15) is 11.3 Å². The van der Waals surface area contributed by atoms with Crippen LogP contribution in [0.2, 0.25) is 0 Å². The average molecular weight is 475 g/mol. The molecule has 1 amide bonds. The number of benzene rings is 2. The average Bonchev–Trinajstić information content (AvgIpc) is 3.33. The first-order chi connectivity index (χ1) is 15.0. The summed E-state index contributed by atoms with van der Waals surface area (Å²) in [5.41, 5.74) is 5.56. The van der Waals surface area contributed by atoms with Gasteiger partial charge in [0.15, 0.2) is 0 Å². The Kier molecular flexibility index (Phi) is 4.63. The van der Waals surface area contributed by atoms with Crippen molar-refractivity contribution in [2.75, 3.05) is 0 Å². The van der Waals surface area contributed by atoms with Gasteiger partial charge in [0, 0.05) is 21.6 Å². The number of hydrogen-bond acceptors (Lipinski definition) is 5. The first-order valence-corrected chi connectivity index (χ1v) is 10.2. The highest BCUT2D eigenvalue weighted by atomic mass is 79.9. The molecule has 4 aromatic rings. The van der Waals surface area contributed by atoms with E-state index in [1.165, 1.54) is 0 Å². The van der Waals surface area contributed by atoms with Gasteiger partial charge in [-0.2, -0.15) is 10.2 Å². The first kappa shape index (κ1) is 19.2. The van der Waals surface area contributed by atoms with Gasteiger partial charge in [0.05, 0.1) is 22.5 Å². The summed E-state index contributed by atoms with van der Waals surface area (Å²) in [4.78, 5) is 25.0. The maximum atomic E-state index is 12.8. The van der Waals surface area contributed by atoms with Crippen LogP contribution in [0.4, 0.5) is 0 Å². The van der Waals surface area contributed by atoms with E-state index in [2.05, 4.69) is 31.6 Å². The van der Waals surface area contributed by atoms with Gasteiger partial charge in [-0.25, -0.2) is 14.9 Å². The van der Waals surface area contributed by atoms with Crippen LogP contribution in [0.25, 0.3) is 34.0 Å². The second-order valence-corrected chi connectivity index (χ2v) is 7.95. The molecule has 0 atom stereocenters. The van der Waals surface area contributed by atoms with E-state index in [0.717, 1.165) is 15.5 Å². The molecule has 0 unspecified atom stereocenters. The summed E-state index contributed by atoms with van der Waals surface area (Å²) in [6.07, 6.45) is 3.47. The Morgan fingerprint density at radius 3 is 2.65 bits per heavy atom. The van der Waals surface area contributed by atoms with Crippen molar-refractivity contribution in [3.8, 4) is 16.9 Å². The van der Waals surface area contributed by atoms with Gasteiger partial charge in [-0.3, -0.25) is 4.79 Å². The third-order valence-corrected chi connectivity index (χ3v) is 5.47. The summed E-state index contributed by atoms with van der Waals surface area (Å²) in [6, 6.07) is 16.7. The molecule has 31 heavy (non-hydrogen) atoms. The molecule has 0 bridgehead atoms. The summed E-state index contributed by atoms with van der Waals surface area (Å²) >= 11 is 3.45. The molecular formula is C23H15BrN4O3. The number of fused-ring (bicyclic) bond motifs is 1. The highest BCUT2D eigenvalue weighted by molar-refractivity contribution is 9.10. The minimum Gasteiger partial charge on any atom is -0.422 e. The van der Waals surface area contributed by atoms with Gasteiger partial charge in [-0.15, -0.1) is 0 Å². The van der Waals surface area contributed by atoms with Gasteiger partial charge >= 0.3 is 5.63 Å². The van der Waals surface area contributed by atoms with E-state index >= 15 is 0 Å². The van der Waals surface area contributed by atoms with Gasteiger partial charge in [-0.05, 0) is 49.4 Å². The standard InChI is InChI=1S/C23H15BrN4O3/c1-13-18(22(29)26-25-13)11-15-12-28(17-5-3-2-4-6-17)27-21(15)19-10-14-9-16(24)7-8-20(14)31-23(19)30/h2-12H,1H3,(H,26,29)/b18-11-. The van der Waals surface area contributed by atoms with E-state index in [9.17, 15) is 9.59 Å². The second-order valence-electron chi connectivity index (χ2n) is 7.04. The lowest BCUT2D eigenvalue weighted by molar-refractivity contribution is -0.116. The van der Waals surface area contributed by atoms with Crippen molar-refractivity contribution < 1.29 is 9.21 Å². The topological polar surface area (TPSA) is 89.5 Å². The minimum absolute atomic E-state index is 0.301. The molecule has 0 fully saturated rings. The van der Waals surface area contributed by atoms with E-state index in [0.29, 0.717) is 33.7 Å². The van der Waals surface area contributed by atoms with E-state index in [4.69, 9.17) is 4.42 Å². The van der Waals surface area contributed by atoms with E-state index < -0.39 is 5.63 Å². The number of halogens is 1. The van der Waals surface area contributed by atoms with Crippen molar-refractivity contribution in [3.05, 3.63) is 86.8 Å². The molecule has 8 heteroatoms.